The number of H-pyrrole nitrogens is 1. The van der Waals surface area contributed by atoms with Crippen molar-refractivity contribution in [2.45, 2.75) is 13.0 Å². The molecule has 0 bridgehead atoms. The molecule has 0 aliphatic carbocycles. The number of benzene rings is 2. The molecule has 0 aliphatic rings. The summed E-state index contributed by atoms with van der Waals surface area (Å²) >= 11 is 5.76. The molecular weight excluding hydrogens is 511 g/mol. The molecule has 5 aromatic rings. The molecule has 0 radical (unpaired) electrons. The van der Waals surface area contributed by atoms with Crippen molar-refractivity contribution in [2.75, 3.05) is 0 Å². The summed E-state index contributed by atoms with van der Waals surface area (Å²) in [5, 5.41) is 10.4. The van der Waals surface area contributed by atoms with E-state index in [0.29, 0.717) is 5.82 Å². The molecule has 12 heteroatoms. The Bertz CT molecular complexity index is 1660. The number of aromatic nitrogens is 5. The van der Waals surface area contributed by atoms with E-state index in [1.54, 1.807) is 13.1 Å². The molecule has 1 N–H and O–H groups in total. The fraction of sp³-hybridized carbons (Fsp3) is 0.120. The Morgan fingerprint density at radius 2 is 1.81 bits per heavy atom. The van der Waals surface area contributed by atoms with Crippen molar-refractivity contribution in [2.24, 2.45) is 7.05 Å². The minimum Gasteiger partial charge on any atom is -0.473 e. The van der Waals surface area contributed by atoms with Crippen LogP contribution in [0.3, 0.4) is 0 Å². The van der Waals surface area contributed by atoms with Crippen LogP contribution in [0.2, 0.25) is 5.02 Å². The number of aromatic amines is 1. The number of halogens is 4. The molecule has 0 amide bonds. The van der Waals surface area contributed by atoms with Gasteiger partial charge in [-0.05, 0) is 35.9 Å². The van der Waals surface area contributed by atoms with E-state index >= 15 is 8.78 Å². The third-order valence-corrected chi connectivity index (χ3v) is 5.82. The van der Waals surface area contributed by atoms with Gasteiger partial charge in [-0.15, -0.1) is 10.2 Å². The van der Waals surface area contributed by atoms with Crippen LogP contribution in [-0.4, -0.2) is 24.9 Å². The molecular formula is C25H17ClF3N5O3. The predicted octanol–water partition coefficient (Wildman–Crippen LogP) is 5.07. The molecule has 2 aromatic carbocycles. The van der Waals surface area contributed by atoms with E-state index in [1.807, 2.05) is 0 Å². The monoisotopic (exact) mass is 527 g/mol. The second-order valence-electron chi connectivity index (χ2n) is 8.06. The normalized spacial score (nSPS) is 11.2. The molecule has 3 aromatic heterocycles. The highest BCUT2D eigenvalue weighted by molar-refractivity contribution is 6.30. The highest BCUT2D eigenvalue weighted by Gasteiger charge is 2.19. The Morgan fingerprint density at radius 3 is 2.57 bits per heavy atom. The average Bonchev–Trinajstić information content (AvgIpc) is 3.46. The molecule has 0 fully saturated rings. The summed E-state index contributed by atoms with van der Waals surface area (Å²) in [6, 6.07) is 12.1. The van der Waals surface area contributed by atoms with Gasteiger partial charge in [-0.1, -0.05) is 23.7 Å². The lowest BCUT2D eigenvalue weighted by Gasteiger charge is -2.10. The summed E-state index contributed by atoms with van der Waals surface area (Å²) in [5.74, 6) is -1.05. The summed E-state index contributed by atoms with van der Waals surface area (Å²) < 4.78 is 56.2. The number of ether oxygens (including phenoxy) is 1. The SMILES string of the molecule is Cn1c(Cc2cc(F)c(-c3cccc(OCc4ccc(Cl)cc4F)n3)cc2F)nnc1-c1cc(=O)[nH]o1. The topological polar surface area (TPSA) is 98.8 Å². The zero-order valence-electron chi connectivity index (χ0n) is 19.1. The highest BCUT2D eigenvalue weighted by atomic mass is 35.5. The zero-order valence-corrected chi connectivity index (χ0v) is 19.9. The Balaban J connectivity index is 1.36. The summed E-state index contributed by atoms with van der Waals surface area (Å²) in [6.07, 6.45) is -0.0651. The van der Waals surface area contributed by atoms with Crippen LogP contribution in [0.4, 0.5) is 13.2 Å². The first-order valence-electron chi connectivity index (χ1n) is 10.9. The molecule has 188 valence electrons. The van der Waals surface area contributed by atoms with Gasteiger partial charge in [0.05, 0.1) is 11.8 Å². The van der Waals surface area contributed by atoms with Gasteiger partial charge < -0.3 is 13.8 Å². The first-order valence-corrected chi connectivity index (χ1v) is 11.3. The van der Waals surface area contributed by atoms with Crippen LogP contribution in [0, 0.1) is 17.5 Å². The number of hydrogen-bond acceptors (Lipinski definition) is 6. The maximum absolute atomic E-state index is 15.1. The standard InChI is InChI=1S/C25H17ClF3N5O3/c1-34-22(31-32-25(34)21-11-23(35)33-37-21)8-14-7-19(29)16(10-18(14)28)20-3-2-4-24(30-20)36-12-13-5-6-15(26)9-17(13)27/h2-7,9-11H,8,12H2,1H3,(H,33,35). The van der Waals surface area contributed by atoms with Crippen molar-refractivity contribution in [1.82, 2.24) is 24.9 Å². The van der Waals surface area contributed by atoms with Gasteiger partial charge in [-0.2, -0.15) is 5.16 Å². The largest absolute Gasteiger partial charge is 0.473 e. The van der Waals surface area contributed by atoms with Crippen molar-refractivity contribution in [3.63, 3.8) is 0 Å². The third kappa shape index (κ3) is 5.12. The van der Waals surface area contributed by atoms with E-state index in [1.165, 1.54) is 41.0 Å². The summed E-state index contributed by atoms with van der Waals surface area (Å²) in [6.45, 7) is -0.124. The molecule has 3 heterocycles. The van der Waals surface area contributed by atoms with Crippen molar-refractivity contribution < 1.29 is 22.4 Å². The molecule has 0 spiro atoms. The van der Waals surface area contributed by atoms with E-state index in [0.717, 1.165) is 12.1 Å². The smallest absolute Gasteiger partial charge is 0.280 e. The van der Waals surface area contributed by atoms with Crippen LogP contribution in [0.15, 0.2) is 63.9 Å². The van der Waals surface area contributed by atoms with Crippen LogP contribution in [0.25, 0.3) is 22.8 Å². The Hall–Kier alpha value is -4.38. The maximum atomic E-state index is 15.1. The highest BCUT2D eigenvalue weighted by Crippen LogP contribution is 2.28. The van der Waals surface area contributed by atoms with Crippen LogP contribution in [0.1, 0.15) is 17.0 Å². The fourth-order valence-electron chi connectivity index (χ4n) is 3.65. The first kappa shape index (κ1) is 24.3. The first-order chi connectivity index (χ1) is 17.8. The molecule has 0 saturated heterocycles. The molecule has 0 atom stereocenters. The van der Waals surface area contributed by atoms with Crippen molar-refractivity contribution in [1.29, 1.82) is 0 Å². The predicted molar refractivity (Wildman–Crippen MR) is 127 cm³/mol. The second-order valence-corrected chi connectivity index (χ2v) is 8.50. The Morgan fingerprint density at radius 1 is 1.00 bits per heavy atom. The average molecular weight is 528 g/mol. The van der Waals surface area contributed by atoms with Crippen molar-refractivity contribution in [3.05, 3.63) is 104 Å². The van der Waals surface area contributed by atoms with Crippen LogP contribution < -0.4 is 10.3 Å². The van der Waals surface area contributed by atoms with Gasteiger partial charge in [0.15, 0.2) is 0 Å². The zero-order chi connectivity index (χ0) is 26.1. The van der Waals surface area contributed by atoms with Gasteiger partial charge in [0.25, 0.3) is 5.56 Å². The van der Waals surface area contributed by atoms with Crippen molar-refractivity contribution >= 4 is 11.6 Å². The Kier molecular flexibility index (Phi) is 6.53. The number of hydrogen-bond donors (Lipinski definition) is 1. The lowest BCUT2D eigenvalue weighted by atomic mass is 10.0. The lowest BCUT2D eigenvalue weighted by molar-refractivity contribution is 0.288. The van der Waals surface area contributed by atoms with Gasteiger partial charge >= 0.3 is 0 Å². The van der Waals surface area contributed by atoms with Gasteiger partial charge in [-0.3, -0.25) is 4.79 Å². The lowest BCUT2D eigenvalue weighted by Crippen LogP contribution is -2.04. The maximum Gasteiger partial charge on any atom is 0.280 e. The summed E-state index contributed by atoms with van der Waals surface area (Å²) in [4.78, 5) is 15.6. The van der Waals surface area contributed by atoms with Crippen LogP contribution >= 0.6 is 11.6 Å². The molecule has 5 rings (SSSR count). The number of rotatable bonds is 7. The van der Waals surface area contributed by atoms with E-state index in [-0.39, 0.29) is 57.9 Å². The molecule has 8 nitrogen and oxygen atoms in total. The number of nitrogens with one attached hydrogen (secondary N) is 1. The quantitative estimate of drug-likeness (QED) is 0.317. The van der Waals surface area contributed by atoms with Gasteiger partial charge in [0, 0.05) is 35.7 Å². The second kappa shape index (κ2) is 9.94. The van der Waals surface area contributed by atoms with Crippen LogP contribution in [-0.2, 0) is 20.1 Å². The summed E-state index contributed by atoms with van der Waals surface area (Å²) in [7, 11) is 1.62. The minimum absolute atomic E-state index is 0.0458. The molecule has 0 aliphatic heterocycles. The molecule has 0 unspecified atom stereocenters. The van der Waals surface area contributed by atoms with E-state index < -0.39 is 23.0 Å². The number of nitrogens with zero attached hydrogens (tertiary/aromatic N) is 4. The Labute approximate surface area is 212 Å². The van der Waals surface area contributed by atoms with Gasteiger partial charge in [0.2, 0.25) is 17.5 Å². The van der Waals surface area contributed by atoms with Crippen LogP contribution in [0.5, 0.6) is 5.88 Å². The van der Waals surface area contributed by atoms with Gasteiger partial charge in [-0.25, -0.2) is 18.2 Å². The molecule has 0 saturated carbocycles. The van der Waals surface area contributed by atoms with E-state index in [4.69, 9.17) is 20.9 Å². The minimum atomic E-state index is -0.705. The van der Waals surface area contributed by atoms with Crippen molar-refractivity contribution in [3.8, 4) is 28.7 Å². The fourth-order valence-corrected chi connectivity index (χ4v) is 3.81. The molecule has 37 heavy (non-hydrogen) atoms. The number of pyridine rings is 1. The summed E-state index contributed by atoms with van der Waals surface area (Å²) in [5.41, 5.74) is -0.0609. The third-order valence-electron chi connectivity index (χ3n) is 5.58. The van der Waals surface area contributed by atoms with E-state index in [2.05, 4.69) is 20.3 Å². The van der Waals surface area contributed by atoms with Gasteiger partial charge in [0.1, 0.15) is 29.9 Å². The van der Waals surface area contributed by atoms with E-state index in [9.17, 15) is 9.18 Å².